The van der Waals surface area contributed by atoms with Gasteiger partial charge in [-0.15, -0.1) is 0 Å². The molecule has 2 rings (SSSR count). The smallest absolute Gasteiger partial charge is 0.237 e. The Bertz CT molecular complexity index is 456. The van der Waals surface area contributed by atoms with Crippen molar-refractivity contribution in [2.75, 3.05) is 0 Å². The van der Waals surface area contributed by atoms with Crippen molar-refractivity contribution in [2.24, 2.45) is 11.7 Å². The van der Waals surface area contributed by atoms with Gasteiger partial charge in [0, 0.05) is 5.02 Å². The average molecular weight is 295 g/mol. The van der Waals surface area contributed by atoms with E-state index in [1.807, 2.05) is 24.3 Å². The van der Waals surface area contributed by atoms with Gasteiger partial charge in [0.1, 0.15) is 0 Å². The number of amides is 1. The Morgan fingerprint density at radius 2 is 2.05 bits per heavy atom. The summed E-state index contributed by atoms with van der Waals surface area (Å²) in [6.07, 6.45) is 6.05. The number of hydrogen-bond acceptors (Lipinski definition) is 2. The van der Waals surface area contributed by atoms with Crippen molar-refractivity contribution in [1.82, 2.24) is 5.32 Å². The van der Waals surface area contributed by atoms with Crippen LogP contribution in [0.2, 0.25) is 5.02 Å². The Balaban J connectivity index is 2.20. The van der Waals surface area contributed by atoms with E-state index in [0.717, 1.165) is 18.4 Å². The fourth-order valence-electron chi connectivity index (χ4n) is 2.93. The topological polar surface area (TPSA) is 55.1 Å². The molecule has 20 heavy (non-hydrogen) atoms. The van der Waals surface area contributed by atoms with Crippen molar-refractivity contribution in [3.63, 3.8) is 0 Å². The summed E-state index contributed by atoms with van der Waals surface area (Å²) in [5.41, 5.74) is 6.77. The largest absolute Gasteiger partial charge is 0.348 e. The van der Waals surface area contributed by atoms with Crippen molar-refractivity contribution in [3.8, 4) is 0 Å². The highest BCUT2D eigenvalue weighted by molar-refractivity contribution is 6.30. The number of nitrogens with one attached hydrogen (secondary N) is 1. The molecule has 1 aliphatic rings. The van der Waals surface area contributed by atoms with Gasteiger partial charge in [-0.2, -0.15) is 0 Å². The molecule has 0 radical (unpaired) electrons. The minimum Gasteiger partial charge on any atom is -0.348 e. The molecule has 1 fully saturated rings. The molecule has 3 nitrogen and oxygen atoms in total. The van der Waals surface area contributed by atoms with Gasteiger partial charge in [0.2, 0.25) is 5.91 Å². The number of rotatable bonds is 4. The molecule has 1 amide bonds. The highest BCUT2D eigenvalue weighted by Gasteiger charge is 2.27. The van der Waals surface area contributed by atoms with Gasteiger partial charge in [0.25, 0.3) is 0 Å². The predicted molar refractivity (Wildman–Crippen MR) is 82.6 cm³/mol. The van der Waals surface area contributed by atoms with Crippen LogP contribution < -0.4 is 11.1 Å². The van der Waals surface area contributed by atoms with Gasteiger partial charge in [0.05, 0.1) is 12.1 Å². The first-order valence-corrected chi connectivity index (χ1v) is 7.77. The van der Waals surface area contributed by atoms with Crippen molar-refractivity contribution >= 4 is 17.5 Å². The van der Waals surface area contributed by atoms with E-state index in [-0.39, 0.29) is 11.9 Å². The van der Waals surface area contributed by atoms with Gasteiger partial charge in [0.15, 0.2) is 0 Å². The molecule has 1 saturated carbocycles. The number of hydrogen-bond donors (Lipinski definition) is 2. The summed E-state index contributed by atoms with van der Waals surface area (Å²) in [5, 5.41) is 3.81. The van der Waals surface area contributed by atoms with E-state index in [9.17, 15) is 4.79 Å². The lowest BCUT2D eigenvalue weighted by molar-refractivity contribution is -0.123. The van der Waals surface area contributed by atoms with E-state index in [1.165, 1.54) is 19.3 Å². The second kappa shape index (κ2) is 7.09. The SMILES string of the molecule is C[C@@H](N)C(=O)NC(c1cccc(Cl)c1)C1CCCCC1. The quantitative estimate of drug-likeness (QED) is 0.894. The second-order valence-electron chi connectivity index (χ2n) is 5.73. The Morgan fingerprint density at radius 1 is 1.35 bits per heavy atom. The third-order valence-corrected chi connectivity index (χ3v) is 4.28. The number of nitrogens with two attached hydrogens (primary N) is 1. The third-order valence-electron chi connectivity index (χ3n) is 4.04. The minimum atomic E-state index is -0.486. The first-order valence-electron chi connectivity index (χ1n) is 7.39. The zero-order valence-electron chi connectivity index (χ0n) is 11.9. The fourth-order valence-corrected chi connectivity index (χ4v) is 3.12. The zero-order chi connectivity index (χ0) is 14.5. The fraction of sp³-hybridized carbons (Fsp3) is 0.562. The van der Waals surface area contributed by atoms with Gasteiger partial charge >= 0.3 is 0 Å². The maximum atomic E-state index is 12.0. The van der Waals surface area contributed by atoms with Crippen molar-refractivity contribution in [1.29, 1.82) is 0 Å². The van der Waals surface area contributed by atoms with Crippen LogP contribution >= 0.6 is 11.6 Å². The molecular weight excluding hydrogens is 272 g/mol. The van der Waals surface area contributed by atoms with Crippen LogP contribution in [0, 0.1) is 5.92 Å². The van der Waals surface area contributed by atoms with Crippen LogP contribution in [0.25, 0.3) is 0 Å². The summed E-state index contributed by atoms with van der Waals surface area (Å²) in [6.45, 7) is 1.71. The summed E-state index contributed by atoms with van der Waals surface area (Å²) in [6, 6.07) is 7.31. The molecule has 110 valence electrons. The monoisotopic (exact) mass is 294 g/mol. The van der Waals surface area contributed by atoms with Gasteiger partial charge < -0.3 is 11.1 Å². The number of carbonyl (C=O) groups excluding carboxylic acids is 1. The van der Waals surface area contributed by atoms with Crippen molar-refractivity contribution in [3.05, 3.63) is 34.9 Å². The molecular formula is C16H23ClN2O. The van der Waals surface area contributed by atoms with Crippen LogP contribution in [0.3, 0.4) is 0 Å². The van der Waals surface area contributed by atoms with E-state index in [2.05, 4.69) is 5.32 Å². The summed E-state index contributed by atoms with van der Waals surface area (Å²) in [4.78, 5) is 12.0. The number of carbonyl (C=O) groups is 1. The molecule has 0 heterocycles. The van der Waals surface area contributed by atoms with Crippen LogP contribution in [-0.2, 0) is 4.79 Å². The van der Waals surface area contributed by atoms with Crippen LogP contribution in [0.1, 0.15) is 50.6 Å². The number of halogens is 1. The molecule has 0 aromatic heterocycles. The van der Waals surface area contributed by atoms with E-state index in [4.69, 9.17) is 17.3 Å². The van der Waals surface area contributed by atoms with E-state index < -0.39 is 6.04 Å². The zero-order valence-corrected chi connectivity index (χ0v) is 12.7. The average Bonchev–Trinajstić information content (AvgIpc) is 2.45. The molecule has 0 bridgehead atoms. The molecule has 1 aromatic rings. The standard InChI is InChI=1S/C16H23ClN2O/c1-11(18)16(20)19-15(12-6-3-2-4-7-12)13-8-5-9-14(17)10-13/h5,8-12,15H,2-4,6-7,18H2,1H3,(H,19,20)/t11-,15?/m1/s1. The molecule has 1 aromatic carbocycles. The van der Waals surface area contributed by atoms with E-state index in [0.29, 0.717) is 10.9 Å². The summed E-state index contributed by atoms with van der Waals surface area (Å²) in [7, 11) is 0. The third kappa shape index (κ3) is 3.97. The van der Waals surface area contributed by atoms with Crippen LogP contribution in [0.4, 0.5) is 0 Å². The van der Waals surface area contributed by atoms with Crippen molar-refractivity contribution < 1.29 is 4.79 Å². The summed E-state index contributed by atoms with van der Waals surface area (Å²) < 4.78 is 0. The molecule has 4 heteroatoms. The molecule has 1 unspecified atom stereocenters. The summed E-state index contributed by atoms with van der Waals surface area (Å²) in [5.74, 6) is 0.380. The molecule has 3 N–H and O–H groups in total. The first-order chi connectivity index (χ1) is 9.58. The van der Waals surface area contributed by atoms with E-state index >= 15 is 0 Å². The highest BCUT2D eigenvalue weighted by Crippen LogP contribution is 2.35. The van der Waals surface area contributed by atoms with Crippen LogP contribution in [0.5, 0.6) is 0 Å². The van der Waals surface area contributed by atoms with Crippen LogP contribution in [0.15, 0.2) is 24.3 Å². The molecule has 1 aliphatic carbocycles. The second-order valence-corrected chi connectivity index (χ2v) is 6.16. The van der Waals surface area contributed by atoms with Gasteiger partial charge in [-0.25, -0.2) is 0 Å². The lowest BCUT2D eigenvalue weighted by atomic mass is 9.81. The minimum absolute atomic E-state index is 0.0208. The maximum absolute atomic E-state index is 12.0. The molecule has 0 spiro atoms. The first kappa shape index (κ1) is 15.3. The Hall–Kier alpha value is -1.06. The maximum Gasteiger partial charge on any atom is 0.237 e. The van der Waals surface area contributed by atoms with Gasteiger partial charge in [-0.1, -0.05) is 43.0 Å². The Kier molecular flexibility index (Phi) is 5.44. The van der Waals surface area contributed by atoms with Gasteiger partial charge in [-0.3, -0.25) is 4.79 Å². The normalized spacial score (nSPS) is 19.4. The van der Waals surface area contributed by atoms with E-state index in [1.54, 1.807) is 6.92 Å². The predicted octanol–water partition coefficient (Wildman–Crippen LogP) is 3.42. The Labute approximate surface area is 125 Å². The molecule has 0 aliphatic heterocycles. The van der Waals surface area contributed by atoms with Crippen LogP contribution in [-0.4, -0.2) is 11.9 Å². The number of benzene rings is 1. The van der Waals surface area contributed by atoms with Crippen molar-refractivity contribution in [2.45, 2.75) is 51.1 Å². The summed E-state index contributed by atoms with van der Waals surface area (Å²) >= 11 is 6.09. The molecule has 0 saturated heterocycles. The van der Waals surface area contributed by atoms with Gasteiger partial charge in [-0.05, 0) is 43.4 Å². The highest BCUT2D eigenvalue weighted by atomic mass is 35.5. The Morgan fingerprint density at radius 3 is 2.65 bits per heavy atom. The lowest BCUT2D eigenvalue weighted by Crippen LogP contribution is -2.42. The lowest BCUT2D eigenvalue weighted by Gasteiger charge is -2.32. The molecule has 2 atom stereocenters.